The second-order valence-corrected chi connectivity index (χ2v) is 6.55. The molecule has 1 unspecified atom stereocenters. The highest BCUT2D eigenvalue weighted by molar-refractivity contribution is 5.31. The topological polar surface area (TPSA) is 50.7 Å². The summed E-state index contributed by atoms with van der Waals surface area (Å²) in [6.45, 7) is 9.41. The second kappa shape index (κ2) is 6.89. The molecule has 0 N–H and O–H groups in total. The number of aryl methyl sites for hydroxylation is 1. The average molecular weight is 306 g/mol. The molecule has 1 atom stereocenters. The Kier molecular flexibility index (Phi) is 4.90. The molecule has 2 aliphatic rings. The Morgan fingerprint density at radius 3 is 2.86 bits per heavy atom. The Morgan fingerprint density at radius 2 is 2.09 bits per heavy atom. The van der Waals surface area contributed by atoms with E-state index in [9.17, 15) is 0 Å². The number of ether oxygens (including phenoxy) is 2. The van der Waals surface area contributed by atoms with E-state index in [0.717, 1.165) is 64.1 Å². The fourth-order valence-corrected chi connectivity index (χ4v) is 3.40. The third-order valence-electron chi connectivity index (χ3n) is 4.62. The standard InChI is InChI=1S/C16H26N4O2/c1-14-9-17-15(18-10-14)20-6-8-22-13-16(12-20)3-4-19(11-16)5-7-21-2/h9-10H,3-8,11-13H2,1-2H3. The maximum Gasteiger partial charge on any atom is 0.225 e. The number of rotatable bonds is 4. The molecule has 1 aromatic heterocycles. The van der Waals surface area contributed by atoms with Crippen molar-refractivity contribution in [3.05, 3.63) is 18.0 Å². The largest absolute Gasteiger partial charge is 0.383 e. The summed E-state index contributed by atoms with van der Waals surface area (Å²) in [5, 5.41) is 0. The highest BCUT2D eigenvalue weighted by Gasteiger charge is 2.41. The van der Waals surface area contributed by atoms with E-state index in [1.807, 2.05) is 19.3 Å². The van der Waals surface area contributed by atoms with Crippen molar-refractivity contribution < 1.29 is 9.47 Å². The lowest BCUT2D eigenvalue weighted by Crippen LogP contribution is -2.41. The third-order valence-corrected chi connectivity index (χ3v) is 4.62. The fraction of sp³-hybridized carbons (Fsp3) is 0.750. The first-order chi connectivity index (χ1) is 10.7. The number of hydrogen-bond donors (Lipinski definition) is 0. The maximum atomic E-state index is 5.91. The second-order valence-electron chi connectivity index (χ2n) is 6.55. The van der Waals surface area contributed by atoms with Crippen LogP contribution in [-0.4, -0.2) is 74.5 Å². The molecule has 0 amide bonds. The van der Waals surface area contributed by atoms with Crippen LogP contribution < -0.4 is 4.90 Å². The fourth-order valence-electron chi connectivity index (χ4n) is 3.40. The first-order valence-corrected chi connectivity index (χ1v) is 8.03. The van der Waals surface area contributed by atoms with Crippen LogP contribution in [0.1, 0.15) is 12.0 Å². The number of anilines is 1. The smallest absolute Gasteiger partial charge is 0.225 e. The van der Waals surface area contributed by atoms with Gasteiger partial charge in [0.15, 0.2) is 0 Å². The van der Waals surface area contributed by atoms with Crippen molar-refractivity contribution in [3.63, 3.8) is 0 Å². The van der Waals surface area contributed by atoms with E-state index in [0.29, 0.717) is 0 Å². The first-order valence-electron chi connectivity index (χ1n) is 8.03. The van der Waals surface area contributed by atoms with Gasteiger partial charge in [-0.1, -0.05) is 0 Å². The van der Waals surface area contributed by atoms with E-state index in [1.165, 1.54) is 6.42 Å². The molecule has 0 aromatic carbocycles. The highest BCUT2D eigenvalue weighted by atomic mass is 16.5. The van der Waals surface area contributed by atoms with Gasteiger partial charge in [0.1, 0.15) is 0 Å². The SMILES string of the molecule is COCCN1CCC2(COCCN(c3ncc(C)cn3)C2)C1. The summed E-state index contributed by atoms with van der Waals surface area (Å²) in [5.41, 5.74) is 1.29. The van der Waals surface area contributed by atoms with Crippen molar-refractivity contribution >= 4 is 5.95 Å². The zero-order chi connectivity index (χ0) is 15.4. The Balaban J connectivity index is 1.69. The summed E-state index contributed by atoms with van der Waals surface area (Å²) in [7, 11) is 1.76. The van der Waals surface area contributed by atoms with Crippen LogP contribution in [0.25, 0.3) is 0 Å². The molecule has 6 nitrogen and oxygen atoms in total. The van der Waals surface area contributed by atoms with E-state index in [-0.39, 0.29) is 5.41 Å². The van der Waals surface area contributed by atoms with Gasteiger partial charge in [0.25, 0.3) is 0 Å². The molecule has 1 aromatic rings. The summed E-state index contributed by atoms with van der Waals surface area (Å²) in [4.78, 5) is 13.7. The highest BCUT2D eigenvalue weighted by Crippen LogP contribution is 2.34. The van der Waals surface area contributed by atoms with Crippen LogP contribution >= 0.6 is 0 Å². The Hall–Kier alpha value is -1.24. The molecule has 6 heteroatoms. The number of aromatic nitrogens is 2. The van der Waals surface area contributed by atoms with E-state index >= 15 is 0 Å². The molecule has 2 aliphatic heterocycles. The van der Waals surface area contributed by atoms with E-state index in [4.69, 9.17) is 9.47 Å². The van der Waals surface area contributed by atoms with Crippen LogP contribution in [0.3, 0.4) is 0 Å². The molecule has 22 heavy (non-hydrogen) atoms. The lowest BCUT2D eigenvalue weighted by Gasteiger charge is -2.32. The van der Waals surface area contributed by atoms with Crippen LogP contribution in [0.5, 0.6) is 0 Å². The number of likely N-dealkylation sites (tertiary alicyclic amines) is 1. The molecule has 0 saturated carbocycles. The van der Waals surface area contributed by atoms with E-state index < -0.39 is 0 Å². The normalized spacial score (nSPS) is 26.5. The molecule has 1 spiro atoms. The zero-order valence-corrected chi connectivity index (χ0v) is 13.6. The molecular weight excluding hydrogens is 280 g/mol. The molecule has 0 aliphatic carbocycles. The van der Waals surface area contributed by atoms with Gasteiger partial charge >= 0.3 is 0 Å². The van der Waals surface area contributed by atoms with Crippen molar-refractivity contribution in [1.29, 1.82) is 0 Å². The Morgan fingerprint density at radius 1 is 1.27 bits per heavy atom. The number of methoxy groups -OCH3 is 1. The molecule has 122 valence electrons. The minimum absolute atomic E-state index is 0.193. The number of nitrogens with zero attached hydrogens (tertiary/aromatic N) is 4. The third kappa shape index (κ3) is 3.56. The van der Waals surface area contributed by atoms with Crippen LogP contribution in [0, 0.1) is 12.3 Å². The van der Waals surface area contributed by atoms with Gasteiger partial charge in [0.05, 0.1) is 19.8 Å². The maximum absolute atomic E-state index is 5.91. The predicted molar refractivity (Wildman–Crippen MR) is 85.2 cm³/mol. The van der Waals surface area contributed by atoms with E-state index in [2.05, 4.69) is 19.8 Å². The van der Waals surface area contributed by atoms with Crippen LogP contribution in [-0.2, 0) is 9.47 Å². The van der Waals surface area contributed by atoms with Gasteiger partial charge in [-0.25, -0.2) is 9.97 Å². The summed E-state index contributed by atoms with van der Waals surface area (Å²) in [6, 6.07) is 0. The molecule has 2 fully saturated rings. The lowest BCUT2D eigenvalue weighted by atomic mass is 9.87. The molecule has 2 saturated heterocycles. The summed E-state index contributed by atoms with van der Waals surface area (Å²) >= 11 is 0. The van der Waals surface area contributed by atoms with Crippen molar-refractivity contribution in [2.45, 2.75) is 13.3 Å². The number of hydrogen-bond acceptors (Lipinski definition) is 6. The molecule has 0 bridgehead atoms. The van der Waals surface area contributed by atoms with Crippen LogP contribution in [0.2, 0.25) is 0 Å². The predicted octanol–water partition coefficient (Wildman–Crippen LogP) is 0.960. The Bertz CT molecular complexity index is 482. The Labute approximate surface area is 132 Å². The van der Waals surface area contributed by atoms with Gasteiger partial charge in [0, 0.05) is 51.1 Å². The molecule has 0 radical (unpaired) electrons. The zero-order valence-electron chi connectivity index (χ0n) is 13.6. The van der Waals surface area contributed by atoms with Crippen molar-refractivity contribution in [1.82, 2.24) is 14.9 Å². The first kappa shape index (κ1) is 15.6. The van der Waals surface area contributed by atoms with Crippen LogP contribution in [0.4, 0.5) is 5.95 Å². The molecule has 3 rings (SSSR count). The van der Waals surface area contributed by atoms with Crippen LogP contribution in [0.15, 0.2) is 12.4 Å². The monoisotopic (exact) mass is 306 g/mol. The van der Waals surface area contributed by atoms with Crippen molar-refractivity contribution in [3.8, 4) is 0 Å². The lowest BCUT2D eigenvalue weighted by molar-refractivity contribution is 0.0707. The van der Waals surface area contributed by atoms with E-state index in [1.54, 1.807) is 7.11 Å². The van der Waals surface area contributed by atoms with Crippen molar-refractivity contribution in [2.75, 3.05) is 64.6 Å². The van der Waals surface area contributed by atoms with Gasteiger partial charge in [0.2, 0.25) is 5.95 Å². The van der Waals surface area contributed by atoms with Crippen molar-refractivity contribution in [2.24, 2.45) is 5.41 Å². The van der Waals surface area contributed by atoms with Gasteiger partial charge in [-0.3, -0.25) is 0 Å². The van der Waals surface area contributed by atoms with Gasteiger partial charge < -0.3 is 19.3 Å². The molecule has 3 heterocycles. The van der Waals surface area contributed by atoms with Gasteiger partial charge in [-0.05, 0) is 25.5 Å². The average Bonchev–Trinajstić information content (AvgIpc) is 2.80. The molecular formula is C16H26N4O2. The summed E-state index contributed by atoms with van der Waals surface area (Å²) in [6.07, 6.45) is 4.94. The van der Waals surface area contributed by atoms with Gasteiger partial charge in [-0.15, -0.1) is 0 Å². The summed E-state index contributed by atoms with van der Waals surface area (Å²) < 4.78 is 11.1. The minimum Gasteiger partial charge on any atom is -0.383 e. The van der Waals surface area contributed by atoms with Gasteiger partial charge in [-0.2, -0.15) is 0 Å². The summed E-state index contributed by atoms with van der Waals surface area (Å²) in [5.74, 6) is 0.825. The quantitative estimate of drug-likeness (QED) is 0.826. The minimum atomic E-state index is 0.193.